The number of benzene rings is 2. The van der Waals surface area contributed by atoms with Crippen LogP contribution in [-0.4, -0.2) is 47.7 Å². The van der Waals surface area contributed by atoms with Gasteiger partial charge in [-0.1, -0.05) is 29.8 Å². The predicted octanol–water partition coefficient (Wildman–Crippen LogP) is 4.53. The largest absolute Gasteiger partial charge is 0.368 e. The molecule has 0 radical (unpaired) electrons. The number of piperazine rings is 1. The number of hydrogen-bond donors (Lipinski definition) is 0. The Balaban J connectivity index is 1.24. The summed E-state index contributed by atoms with van der Waals surface area (Å²) in [5.74, 6) is 1.51. The van der Waals surface area contributed by atoms with Crippen molar-refractivity contribution >= 4 is 56.5 Å². The molecule has 1 aliphatic rings. The molecule has 1 fully saturated rings. The number of rotatable bonds is 5. The highest BCUT2D eigenvalue weighted by atomic mass is 35.5. The maximum absolute atomic E-state index is 12.5. The molecule has 1 saturated heterocycles. The van der Waals surface area contributed by atoms with Crippen LogP contribution in [-0.2, 0) is 10.5 Å². The Morgan fingerprint density at radius 2 is 1.93 bits per heavy atom. The van der Waals surface area contributed by atoms with Gasteiger partial charge in [-0.2, -0.15) is 0 Å². The maximum atomic E-state index is 12.5. The van der Waals surface area contributed by atoms with Gasteiger partial charge in [-0.25, -0.2) is 4.98 Å². The molecule has 0 bridgehead atoms. The van der Waals surface area contributed by atoms with E-state index < -0.39 is 0 Å². The zero-order valence-corrected chi connectivity index (χ0v) is 17.2. The zero-order valence-electron chi connectivity index (χ0n) is 14.8. The molecule has 2 heterocycles. The van der Waals surface area contributed by atoms with Crippen molar-refractivity contribution in [2.45, 2.75) is 5.75 Å². The van der Waals surface area contributed by atoms with Gasteiger partial charge in [-0.05, 0) is 30.3 Å². The number of amides is 1. The molecular weight excluding hydrogens is 398 g/mol. The number of thioether (sulfide) groups is 1. The third-order valence-corrected chi connectivity index (χ3v) is 6.98. The number of anilines is 1. The van der Waals surface area contributed by atoms with Crippen molar-refractivity contribution in [1.82, 2.24) is 9.88 Å². The normalized spacial score (nSPS) is 14.7. The molecule has 4 rings (SSSR count). The number of fused-ring (bicyclic) bond motifs is 1. The molecule has 0 N–H and O–H groups in total. The van der Waals surface area contributed by atoms with E-state index in [1.54, 1.807) is 23.1 Å². The Hall–Kier alpha value is -1.76. The smallest absolute Gasteiger partial charge is 0.232 e. The SMILES string of the molecule is O=C(CSCc1nc2ccccc2s1)N1CCN(c2cccc(Cl)c2)CC1. The molecule has 0 spiro atoms. The van der Waals surface area contributed by atoms with E-state index in [0.29, 0.717) is 5.75 Å². The minimum absolute atomic E-state index is 0.215. The minimum Gasteiger partial charge on any atom is -0.368 e. The highest BCUT2D eigenvalue weighted by Crippen LogP contribution is 2.25. The average molecular weight is 418 g/mol. The summed E-state index contributed by atoms with van der Waals surface area (Å²) in [5, 5.41) is 1.83. The van der Waals surface area contributed by atoms with Gasteiger partial charge in [0.15, 0.2) is 0 Å². The van der Waals surface area contributed by atoms with Crippen LogP contribution in [0.3, 0.4) is 0 Å². The number of hydrogen-bond acceptors (Lipinski definition) is 5. The van der Waals surface area contributed by atoms with Crippen molar-refractivity contribution in [3.63, 3.8) is 0 Å². The molecule has 2 aromatic carbocycles. The lowest BCUT2D eigenvalue weighted by Gasteiger charge is -2.36. The van der Waals surface area contributed by atoms with Gasteiger partial charge < -0.3 is 9.80 Å². The van der Waals surface area contributed by atoms with Crippen molar-refractivity contribution < 1.29 is 4.79 Å². The molecule has 0 unspecified atom stereocenters. The highest BCUT2D eigenvalue weighted by Gasteiger charge is 2.21. The first kappa shape index (κ1) is 18.6. The second-order valence-corrected chi connectivity index (χ2v) is 8.95. The molecule has 4 nitrogen and oxygen atoms in total. The van der Waals surface area contributed by atoms with Crippen LogP contribution in [0.4, 0.5) is 5.69 Å². The third-order valence-electron chi connectivity index (χ3n) is 4.59. The lowest BCUT2D eigenvalue weighted by atomic mass is 10.2. The number of carbonyl (C=O) groups is 1. The van der Waals surface area contributed by atoms with Gasteiger partial charge >= 0.3 is 0 Å². The summed E-state index contributed by atoms with van der Waals surface area (Å²) in [4.78, 5) is 21.4. The summed E-state index contributed by atoms with van der Waals surface area (Å²) in [6, 6.07) is 16.1. The zero-order chi connectivity index (χ0) is 18.6. The van der Waals surface area contributed by atoms with Gasteiger partial charge in [-0.3, -0.25) is 4.79 Å². The van der Waals surface area contributed by atoms with E-state index in [2.05, 4.69) is 22.0 Å². The van der Waals surface area contributed by atoms with E-state index in [1.807, 2.05) is 41.3 Å². The molecule has 140 valence electrons. The molecule has 7 heteroatoms. The monoisotopic (exact) mass is 417 g/mol. The van der Waals surface area contributed by atoms with Gasteiger partial charge in [0.25, 0.3) is 0 Å². The van der Waals surface area contributed by atoms with Crippen LogP contribution in [0.2, 0.25) is 5.02 Å². The third kappa shape index (κ3) is 4.57. The van der Waals surface area contributed by atoms with Crippen molar-refractivity contribution in [1.29, 1.82) is 0 Å². The fourth-order valence-corrected chi connectivity index (χ4v) is 5.32. The Kier molecular flexibility index (Phi) is 5.86. The fourth-order valence-electron chi connectivity index (χ4n) is 3.19. The van der Waals surface area contributed by atoms with E-state index >= 15 is 0 Å². The van der Waals surface area contributed by atoms with E-state index in [-0.39, 0.29) is 5.91 Å². The number of nitrogens with zero attached hydrogens (tertiary/aromatic N) is 3. The summed E-state index contributed by atoms with van der Waals surface area (Å²) in [5.41, 5.74) is 2.17. The lowest BCUT2D eigenvalue weighted by molar-refractivity contribution is -0.128. The Morgan fingerprint density at radius 1 is 1.11 bits per heavy atom. The second kappa shape index (κ2) is 8.50. The summed E-state index contributed by atoms with van der Waals surface area (Å²) in [7, 11) is 0. The summed E-state index contributed by atoms with van der Waals surface area (Å²) in [6.07, 6.45) is 0. The maximum Gasteiger partial charge on any atom is 0.232 e. The first-order valence-corrected chi connectivity index (χ1v) is 11.2. The molecule has 27 heavy (non-hydrogen) atoms. The van der Waals surface area contributed by atoms with E-state index in [1.165, 1.54) is 4.70 Å². The van der Waals surface area contributed by atoms with Crippen molar-refractivity contribution in [3.8, 4) is 0 Å². The van der Waals surface area contributed by atoms with Gasteiger partial charge in [0.2, 0.25) is 5.91 Å². The van der Waals surface area contributed by atoms with Crippen LogP contribution in [0.1, 0.15) is 5.01 Å². The van der Waals surface area contributed by atoms with E-state index in [0.717, 1.165) is 53.2 Å². The number of aromatic nitrogens is 1. The minimum atomic E-state index is 0.215. The van der Waals surface area contributed by atoms with Crippen LogP contribution in [0.5, 0.6) is 0 Å². The van der Waals surface area contributed by atoms with Gasteiger partial charge in [0.05, 0.1) is 16.0 Å². The summed E-state index contributed by atoms with van der Waals surface area (Å²) < 4.78 is 1.21. The van der Waals surface area contributed by atoms with Gasteiger partial charge in [-0.15, -0.1) is 23.1 Å². The van der Waals surface area contributed by atoms with Crippen LogP contribution in [0.25, 0.3) is 10.2 Å². The van der Waals surface area contributed by atoms with Gasteiger partial charge in [0.1, 0.15) is 5.01 Å². The fraction of sp³-hybridized carbons (Fsp3) is 0.300. The molecular formula is C20H20ClN3OS2. The quantitative estimate of drug-likeness (QED) is 0.611. The molecule has 0 atom stereocenters. The first-order chi connectivity index (χ1) is 13.2. The first-order valence-electron chi connectivity index (χ1n) is 8.89. The van der Waals surface area contributed by atoms with E-state index in [9.17, 15) is 4.79 Å². The lowest BCUT2D eigenvalue weighted by Crippen LogP contribution is -2.49. The van der Waals surface area contributed by atoms with Crippen molar-refractivity contribution in [2.75, 3.05) is 36.8 Å². The van der Waals surface area contributed by atoms with Crippen molar-refractivity contribution in [2.24, 2.45) is 0 Å². The van der Waals surface area contributed by atoms with Crippen LogP contribution in [0.15, 0.2) is 48.5 Å². The summed E-state index contributed by atoms with van der Waals surface area (Å²) >= 11 is 9.44. The number of para-hydroxylation sites is 1. The number of thiazole rings is 1. The van der Waals surface area contributed by atoms with E-state index in [4.69, 9.17) is 11.6 Å². The van der Waals surface area contributed by atoms with Crippen LogP contribution >= 0.6 is 34.7 Å². The molecule has 1 aliphatic heterocycles. The Bertz CT molecular complexity index is 905. The Morgan fingerprint density at radius 3 is 2.70 bits per heavy atom. The highest BCUT2D eigenvalue weighted by molar-refractivity contribution is 7.99. The average Bonchev–Trinajstić information content (AvgIpc) is 3.11. The molecule has 0 aliphatic carbocycles. The second-order valence-electron chi connectivity index (χ2n) is 6.42. The van der Waals surface area contributed by atoms with Crippen LogP contribution < -0.4 is 4.90 Å². The predicted molar refractivity (Wildman–Crippen MR) is 116 cm³/mol. The van der Waals surface area contributed by atoms with Gasteiger partial charge in [0, 0.05) is 42.6 Å². The van der Waals surface area contributed by atoms with Crippen molar-refractivity contribution in [3.05, 3.63) is 58.6 Å². The van der Waals surface area contributed by atoms with Crippen LogP contribution in [0, 0.1) is 0 Å². The Labute approximate surface area is 172 Å². The number of halogens is 1. The molecule has 1 aromatic heterocycles. The molecule has 3 aromatic rings. The standard InChI is InChI=1S/C20H20ClN3OS2/c21-15-4-3-5-16(12-15)23-8-10-24(11-9-23)20(25)14-26-13-19-22-17-6-1-2-7-18(17)27-19/h1-7,12H,8-11,13-14H2. The molecule has 1 amide bonds. The number of carbonyl (C=O) groups excluding carboxylic acids is 1. The summed E-state index contributed by atoms with van der Waals surface area (Å²) in [6.45, 7) is 3.20. The topological polar surface area (TPSA) is 36.4 Å². The molecule has 0 saturated carbocycles.